The van der Waals surface area contributed by atoms with Crippen molar-refractivity contribution in [3.63, 3.8) is 0 Å². The number of carbonyl (C=O) groups is 2. The Hall–Kier alpha value is -1.64. The van der Waals surface area contributed by atoms with Gasteiger partial charge in [-0.05, 0) is 5.92 Å². The zero-order chi connectivity index (χ0) is 11.3. The molecule has 3 heteroatoms. The standard InChI is InChI=1S/C12H14O3/c1-9(2)8-15-12(14)11(13)10-6-4-3-5-7-10/h3-7,9H,8H2,1-2H3. The van der Waals surface area contributed by atoms with Gasteiger partial charge in [0.05, 0.1) is 6.61 Å². The third kappa shape index (κ3) is 3.54. The van der Waals surface area contributed by atoms with Crippen LogP contribution in [0.15, 0.2) is 30.3 Å². The highest BCUT2D eigenvalue weighted by atomic mass is 16.5. The Morgan fingerprint density at radius 1 is 1.20 bits per heavy atom. The first-order valence-corrected chi connectivity index (χ1v) is 4.87. The zero-order valence-electron chi connectivity index (χ0n) is 8.90. The second-order valence-corrected chi connectivity index (χ2v) is 3.69. The molecule has 0 unspecified atom stereocenters. The van der Waals surface area contributed by atoms with Gasteiger partial charge in [-0.1, -0.05) is 44.2 Å². The van der Waals surface area contributed by atoms with E-state index in [0.29, 0.717) is 5.56 Å². The molecule has 0 aliphatic rings. The number of Topliss-reactive ketones (excluding diaryl/α,β-unsaturated/α-hetero) is 1. The quantitative estimate of drug-likeness (QED) is 0.430. The predicted molar refractivity (Wildman–Crippen MR) is 56.6 cm³/mol. The van der Waals surface area contributed by atoms with Crippen LogP contribution in [0.2, 0.25) is 0 Å². The van der Waals surface area contributed by atoms with E-state index in [2.05, 4.69) is 0 Å². The monoisotopic (exact) mass is 206 g/mol. The zero-order valence-corrected chi connectivity index (χ0v) is 8.90. The average molecular weight is 206 g/mol. The summed E-state index contributed by atoms with van der Waals surface area (Å²) in [5, 5.41) is 0. The molecule has 0 fully saturated rings. The fourth-order valence-corrected chi connectivity index (χ4v) is 1.02. The summed E-state index contributed by atoms with van der Waals surface area (Å²) in [5.41, 5.74) is 0.367. The highest BCUT2D eigenvalue weighted by Crippen LogP contribution is 2.02. The van der Waals surface area contributed by atoms with E-state index in [9.17, 15) is 9.59 Å². The maximum absolute atomic E-state index is 11.5. The third-order valence-electron chi connectivity index (χ3n) is 1.77. The molecule has 0 aromatic heterocycles. The number of ether oxygens (including phenoxy) is 1. The lowest BCUT2D eigenvalue weighted by Crippen LogP contribution is -2.19. The first-order valence-electron chi connectivity index (χ1n) is 4.87. The molecular formula is C12H14O3. The predicted octanol–water partition coefficient (Wildman–Crippen LogP) is 2.07. The summed E-state index contributed by atoms with van der Waals surface area (Å²) in [5.74, 6) is -1.14. The molecule has 0 heterocycles. The van der Waals surface area contributed by atoms with Crippen LogP contribution in [-0.2, 0) is 9.53 Å². The largest absolute Gasteiger partial charge is 0.459 e. The van der Waals surface area contributed by atoms with Crippen molar-refractivity contribution in [1.82, 2.24) is 0 Å². The van der Waals surface area contributed by atoms with Crippen LogP contribution in [0.3, 0.4) is 0 Å². The number of carbonyl (C=O) groups excluding carboxylic acids is 2. The Labute approximate surface area is 89.1 Å². The van der Waals surface area contributed by atoms with E-state index in [1.165, 1.54) is 0 Å². The van der Waals surface area contributed by atoms with E-state index in [1.54, 1.807) is 30.3 Å². The second kappa shape index (κ2) is 5.29. The minimum absolute atomic E-state index is 0.234. The van der Waals surface area contributed by atoms with Crippen LogP contribution in [0.1, 0.15) is 24.2 Å². The summed E-state index contributed by atoms with van der Waals surface area (Å²) in [6.07, 6.45) is 0. The third-order valence-corrected chi connectivity index (χ3v) is 1.77. The molecule has 0 saturated heterocycles. The van der Waals surface area contributed by atoms with Gasteiger partial charge in [0.15, 0.2) is 0 Å². The van der Waals surface area contributed by atoms with Gasteiger partial charge >= 0.3 is 5.97 Å². The summed E-state index contributed by atoms with van der Waals surface area (Å²) >= 11 is 0. The molecule has 3 nitrogen and oxygen atoms in total. The van der Waals surface area contributed by atoms with E-state index >= 15 is 0 Å². The Balaban J connectivity index is 2.58. The van der Waals surface area contributed by atoms with Gasteiger partial charge in [0.2, 0.25) is 0 Å². The molecule has 0 aliphatic heterocycles. The molecule has 0 radical (unpaired) electrons. The van der Waals surface area contributed by atoms with Gasteiger partial charge in [0, 0.05) is 5.56 Å². The van der Waals surface area contributed by atoms with Gasteiger partial charge in [-0.2, -0.15) is 0 Å². The van der Waals surface area contributed by atoms with Gasteiger partial charge in [-0.3, -0.25) is 4.79 Å². The average Bonchev–Trinajstić information content (AvgIpc) is 2.26. The van der Waals surface area contributed by atoms with Crippen molar-refractivity contribution in [2.75, 3.05) is 6.61 Å². The first-order chi connectivity index (χ1) is 7.11. The molecule has 80 valence electrons. The van der Waals surface area contributed by atoms with Crippen molar-refractivity contribution < 1.29 is 14.3 Å². The minimum atomic E-state index is -0.782. The Kier molecular flexibility index (Phi) is 4.03. The maximum Gasteiger partial charge on any atom is 0.379 e. The highest BCUT2D eigenvalue weighted by Gasteiger charge is 2.17. The van der Waals surface area contributed by atoms with Gasteiger partial charge in [0.1, 0.15) is 0 Å². The molecule has 0 amide bonds. The topological polar surface area (TPSA) is 43.4 Å². The highest BCUT2D eigenvalue weighted by molar-refractivity contribution is 6.40. The first kappa shape index (κ1) is 11.4. The van der Waals surface area contributed by atoms with Crippen molar-refractivity contribution in [1.29, 1.82) is 0 Å². The van der Waals surface area contributed by atoms with Gasteiger partial charge in [-0.25, -0.2) is 4.79 Å². The lowest BCUT2D eigenvalue weighted by atomic mass is 10.1. The van der Waals surface area contributed by atoms with Crippen molar-refractivity contribution >= 4 is 11.8 Å². The number of esters is 1. The van der Waals surface area contributed by atoms with Gasteiger partial charge in [0.25, 0.3) is 5.78 Å². The van der Waals surface area contributed by atoms with Crippen LogP contribution < -0.4 is 0 Å². The molecule has 1 aromatic carbocycles. The smallest absolute Gasteiger partial charge is 0.379 e. The van der Waals surface area contributed by atoms with E-state index < -0.39 is 11.8 Å². The molecule has 0 aliphatic carbocycles. The number of rotatable bonds is 4. The van der Waals surface area contributed by atoms with Gasteiger partial charge < -0.3 is 4.74 Å². The Bertz CT molecular complexity index is 341. The summed E-state index contributed by atoms with van der Waals surface area (Å²) in [6, 6.07) is 8.40. The maximum atomic E-state index is 11.5. The summed E-state index contributed by atoms with van der Waals surface area (Å²) in [4.78, 5) is 22.8. The van der Waals surface area contributed by atoms with Crippen LogP contribution >= 0.6 is 0 Å². The van der Waals surface area contributed by atoms with E-state index in [4.69, 9.17) is 4.74 Å². The fourth-order valence-electron chi connectivity index (χ4n) is 1.02. The van der Waals surface area contributed by atoms with Crippen LogP contribution in [0.4, 0.5) is 0 Å². The lowest BCUT2D eigenvalue weighted by molar-refractivity contribution is -0.139. The molecule has 15 heavy (non-hydrogen) atoms. The number of hydrogen-bond donors (Lipinski definition) is 0. The van der Waals surface area contributed by atoms with Crippen LogP contribution in [0.5, 0.6) is 0 Å². The normalized spacial score (nSPS) is 10.1. The summed E-state index contributed by atoms with van der Waals surface area (Å²) < 4.78 is 4.83. The van der Waals surface area contributed by atoms with Crippen molar-refractivity contribution in [3.05, 3.63) is 35.9 Å². The molecule has 1 aromatic rings. The molecule has 0 saturated carbocycles. The van der Waals surface area contributed by atoms with Crippen LogP contribution in [0, 0.1) is 5.92 Å². The summed E-state index contributed by atoms with van der Waals surface area (Å²) in [7, 11) is 0. The van der Waals surface area contributed by atoms with Gasteiger partial charge in [-0.15, -0.1) is 0 Å². The molecule has 0 atom stereocenters. The summed E-state index contributed by atoms with van der Waals surface area (Å²) in [6.45, 7) is 4.11. The molecule has 1 rings (SSSR count). The van der Waals surface area contributed by atoms with E-state index in [-0.39, 0.29) is 12.5 Å². The number of hydrogen-bond acceptors (Lipinski definition) is 3. The van der Waals surface area contributed by atoms with Crippen molar-refractivity contribution in [2.24, 2.45) is 5.92 Å². The SMILES string of the molecule is CC(C)COC(=O)C(=O)c1ccccc1. The Morgan fingerprint density at radius 2 is 1.80 bits per heavy atom. The minimum Gasteiger partial charge on any atom is -0.459 e. The van der Waals surface area contributed by atoms with E-state index in [1.807, 2.05) is 13.8 Å². The van der Waals surface area contributed by atoms with Crippen LogP contribution in [-0.4, -0.2) is 18.4 Å². The Morgan fingerprint density at radius 3 is 2.33 bits per heavy atom. The molecular weight excluding hydrogens is 192 g/mol. The van der Waals surface area contributed by atoms with Crippen molar-refractivity contribution in [3.8, 4) is 0 Å². The molecule has 0 bridgehead atoms. The fraction of sp³-hybridized carbons (Fsp3) is 0.333. The number of benzene rings is 1. The van der Waals surface area contributed by atoms with Crippen LogP contribution in [0.25, 0.3) is 0 Å². The van der Waals surface area contributed by atoms with Crippen molar-refractivity contribution in [2.45, 2.75) is 13.8 Å². The second-order valence-electron chi connectivity index (χ2n) is 3.69. The lowest BCUT2D eigenvalue weighted by Gasteiger charge is -2.05. The number of ketones is 1. The van der Waals surface area contributed by atoms with E-state index in [0.717, 1.165) is 0 Å². The molecule has 0 spiro atoms. The molecule has 0 N–H and O–H groups in total.